The van der Waals surface area contributed by atoms with Crippen LogP contribution in [0.4, 0.5) is 0 Å². The molecule has 1 saturated heterocycles. The van der Waals surface area contributed by atoms with Crippen molar-refractivity contribution in [3.8, 4) is 22.4 Å². The molecule has 0 spiro atoms. The van der Waals surface area contributed by atoms with Gasteiger partial charge in [-0.25, -0.2) is 9.97 Å². The molecule has 234 valence electrons. The lowest BCUT2D eigenvalue weighted by molar-refractivity contribution is 0.328. The van der Waals surface area contributed by atoms with Crippen LogP contribution in [0.3, 0.4) is 0 Å². The fourth-order valence-electron chi connectivity index (χ4n) is 7.12. The molecule has 7 aromatic rings. The topological polar surface area (TPSA) is 50.8 Å². The van der Waals surface area contributed by atoms with Crippen LogP contribution in [0.15, 0.2) is 169 Å². The molecule has 0 amide bonds. The van der Waals surface area contributed by atoms with E-state index >= 15 is 0 Å². The molecule has 5 aromatic carbocycles. The molecule has 4 heteroatoms. The molecule has 1 aliphatic carbocycles. The first-order valence-electron chi connectivity index (χ1n) is 16.8. The second-order valence-corrected chi connectivity index (χ2v) is 12.6. The van der Waals surface area contributed by atoms with Gasteiger partial charge >= 0.3 is 0 Å². The normalized spacial score (nSPS) is 17.6. The summed E-state index contributed by atoms with van der Waals surface area (Å²) in [7, 11) is 0. The highest BCUT2D eigenvalue weighted by Gasteiger charge is 2.34. The van der Waals surface area contributed by atoms with Crippen molar-refractivity contribution < 1.29 is 4.74 Å². The first-order chi connectivity index (χ1) is 24.2. The second-order valence-electron chi connectivity index (χ2n) is 12.6. The number of H-pyrrole nitrogens is 1. The summed E-state index contributed by atoms with van der Waals surface area (Å²) in [5.41, 5.74) is 11.0. The zero-order valence-electron chi connectivity index (χ0n) is 27.1. The van der Waals surface area contributed by atoms with Gasteiger partial charge in [0.1, 0.15) is 11.5 Å². The number of benzene rings is 5. The second kappa shape index (κ2) is 12.1. The van der Waals surface area contributed by atoms with Gasteiger partial charge in [-0.3, -0.25) is 0 Å². The lowest BCUT2D eigenvalue weighted by Crippen LogP contribution is -2.05. The SMILES string of the molecule is C/C=C\C=C1\OC2=CC(c3ccc4[nH]c5ccccc5c4c3)=CCC2C1=Cc1nc(-c2cccc(-c3ccccc3)c2)c2ccccc2n1. The first kappa shape index (κ1) is 28.9. The minimum atomic E-state index is 0.0806. The predicted octanol–water partition coefficient (Wildman–Crippen LogP) is 11.5. The van der Waals surface area contributed by atoms with Crippen molar-refractivity contribution in [3.63, 3.8) is 0 Å². The average Bonchev–Trinajstić information content (AvgIpc) is 3.70. The number of para-hydroxylation sites is 2. The fraction of sp³-hybridized carbons (Fsp3) is 0.0667. The van der Waals surface area contributed by atoms with Gasteiger partial charge in [0, 0.05) is 44.2 Å². The number of fused-ring (bicyclic) bond motifs is 5. The van der Waals surface area contributed by atoms with E-state index in [0.717, 1.165) is 62.3 Å². The smallest absolute Gasteiger partial charge is 0.153 e. The molecule has 0 radical (unpaired) electrons. The van der Waals surface area contributed by atoms with Gasteiger partial charge in [-0.05, 0) is 84.2 Å². The average molecular weight is 632 g/mol. The highest BCUT2D eigenvalue weighted by atomic mass is 16.5. The first-order valence-corrected chi connectivity index (χ1v) is 16.8. The fourth-order valence-corrected chi connectivity index (χ4v) is 7.12. The van der Waals surface area contributed by atoms with E-state index in [1.807, 2.05) is 37.3 Å². The monoisotopic (exact) mass is 631 g/mol. The number of nitrogens with one attached hydrogen (secondary N) is 1. The molecule has 1 aliphatic heterocycles. The summed E-state index contributed by atoms with van der Waals surface area (Å²) in [6.45, 7) is 2.02. The van der Waals surface area contributed by atoms with Crippen LogP contribution in [0.2, 0.25) is 0 Å². The third kappa shape index (κ3) is 5.28. The third-order valence-electron chi connectivity index (χ3n) is 9.53. The molecular formula is C45H33N3O. The summed E-state index contributed by atoms with van der Waals surface area (Å²) >= 11 is 0. The maximum absolute atomic E-state index is 6.61. The van der Waals surface area contributed by atoms with E-state index in [1.54, 1.807) is 0 Å². The predicted molar refractivity (Wildman–Crippen MR) is 202 cm³/mol. The highest BCUT2D eigenvalue weighted by Crippen LogP contribution is 2.45. The maximum atomic E-state index is 6.61. The van der Waals surface area contributed by atoms with Gasteiger partial charge in [-0.2, -0.15) is 0 Å². The van der Waals surface area contributed by atoms with Crippen molar-refractivity contribution in [2.75, 3.05) is 0 Å². The largest absolute Gasteiger partial charge is 0.461 e. The van der Waals surface area contributed by atoms with Crippen molar-refractivity contribution in [3.05, 3.63) is 180 Å². The Balaban J connectivity index is 1.11. The molecule has 3 heterocycles. The van der Waals surface area contributed by atoms with Gasteiger partial charge in [0.25, 0.3) is 0 Å². The standard InChI is InChI=1S/C45H33N3O/c1-2-3-20-42-38(35-23-21-32(27-43(35)49-42)31-22-24-41-37(26-31)34-16-7-9-18-39(34)46-41)28-44-47-40-19-10-8-17-36(40)45(48-44)33-15-11-14-30(25-33)29-12-5-4-6-13-29/h2-22,24-28,35,46H,23H2,1H3/b3-2-,38-28?,42-20+. The quantitative estimate of drug-likeness (QED) is 0.206. The number of nitrogens with zero attached hydrogens (tertiary/aromatic N) is 2. The van der Waals surface area contributed by atoms with Gasteiger partial charge in [0.15, 0.2) is 5.82 Å². The van der Waals surface area contributed by atoms with Gasteiger partial charge in [-0.1, -0.05) is 109 Å². The highest BCUT2D eigenvalue weighted by molar-refractivity contribution is 6.08. The Morgan fingerprint density at radius 1 is 0.694 bits per heavy atom. The van der Waals surface area contributed by atoms with Crippen LogP contribution < -0.4 is 0 Å². The van der Waals surface area contributed by atoms with Crippen LogP contribution in [0.5, 0.6) is 0 Å². The summed E-state index contributed by atoms with van der Waals surface area (Å²) in [5, 5.41) is 3.50. The minimum absolute atomic E-state index is 0.0806. The van der Waals surface area contributed by atoms with E-state index in [-0.39, 0.29) is 5.92 Å². The summed E-state index contributed by atoms with van der Waals surface area (Å²) < 4.78 is 6.61. The summed E-state index contributed by atoms with van der Waals surface area (Å²) in [6, 6.07) is 42.5. The zero-order valence-corrected chi connectivity index (χ0v) is 27.1. The van der Waals surface area contributed by atoms with Crippen molar-refractivity contribution in [2.45, 2.75) is 13.3 Å². The Hall–Kier alpha value is -6.26. The van der Waals surface area contributed by atoms with Gasteiger partial charge < -0.3 is 9.72 Å². The van der Waals surface area contributed by atoms with E-state index in [9.17, 15) is 0 Å². The van der Waals surface area contributed by atoms with Crippen LogP contribution in [0.1, 0.15) is 24.7 Å². The molecule has 1 N–H and O–H groups in total. The Morgan fingerprint density at radius 3 is 2.37 bits per heavy atom. The maximum Gasteiger partial charge on any atom is 0.153 e. The number of hydrogen-bond acceptors (Lipinski definition) is 3. The summed E-state index contributed by atoms with van der Waals surface area (Å²) in [4.78, 5) is 13.8. The van der Waals surface area contributed by atoms with Crippen LogP contribution in [0, 0.1) is 5.92 Å². The molecule has 1 unspecified atom stereocenters. The Labute approximate surface area is 285 Å². The molecular weight excluding hydrogens is 599 g/mol. The third-order valence-corrected chi connectivity index (χ3v) is 9.53. The molecule has 9 rings (SSSR count). The molecule has 4 nitrogen and oxygen atoms in total. The van der Waals surface area contributed by atoms with Gasteiger partial charge in [0.2, 0.25) is 0 Å². The van der Waals surface area contributed by atoms with Crippen molar-refractivity contribution >= 4 is 44.4 Å². The molecule has 2 aliphatic rings. The number of aromatic nitrogens is 3. The van der Waals surface area contributed by atoms with Crippen LogP contribution >= 0.6 is 0 Å². The Bertz CT molecular complexity index is 2560. The van der Waals surface area contributed by atoms with E-state index in [0.29, 0.717) is 5.82 Å². The van der Waals surface area contributed by atoms with Gasteiger partial charge in [0.05, 0.1) is 11.2 Å². The number of rotatable bonds is 5. The number of ether oxygens (including phenoxy) is 1. The minimum Gasteiger partial charge on any atom is -0.461 e. The zero-order chi connectivity index (χ0) is 32.7. The van der Waals surface area contributed by atoms with E-state index in [2.05, 4.69) is 132 Å². The summed E-state index contributed by atoms with van der Waals surface area (Å²) in [5.74, 6) is 2.54. The van der Waals surface area contributed by atoms with E-state index < -0.39 is 0 Å². The van der Waals surface area contributed by atoms with Crippen molar-refractivity contribution in [2.24, 2.45) is 5.92 Å². The summed E-state index contributed by atoms with van der Waals surface area (Å²) in [6.07, 6.45) is 13.6. The molecule has 2 aromatic heterocycles. The number of hydrogen-bond donors (Lipinski definition) is 1. The van der Waals surface area contributed by atoms with Crippen LogP contribution in [-0.2, 0) is 4.74 Å². The Kier molecular flexibility index (Phi) is 7.13. The lowest BCUT2D eigenvalue weighted by atomic mass is 9.87. The Morgan fingerprint density at radius 2 is 1.47 bits per heavy atom. The lowest BCUT2D eigenvalue weighted by Gasteiger charge is -2.16. The molecule has 0 bridgehead atoms. The van der Waals surface area contributed by atoms with E-state index in [1.165, 1.54) is 27.5 Å². The molecule has 49 heavy (non-hydrogen) atoms. The van der Waals surface area contributed by atoms with Crippen molar-refractivity contribution in [1.82, 2.24) is 15.0 Å². The number of allylic oxidation sites excluding steroid dienone is 8. The van der Waals surface area contributed by atoms with Crippen molar-refractivity contribution in [1.29, 1.82) is 0 Å². The number of aromatic amines is 1. The van der Waals surface area contributed by atoms with Gasteiger partial charge in [-0.15, -0.1) is 0 Å². The molecule has 1 fully saturated rings. The molecule has 1 atom stereocenters. The van der Waals surface area contributed by atoms with Crippen LogP contribution in [-0.4, -0.2) is 15.0 Å². The van der Waals surface area contributed by atoms with Crippen LogP contribution in [0.25, 0.3) is 66.7 Å². The van der Waals surface area contributed by atoms with E-state index in [4.69, 9.17) is 14.7 Å². The molecule has 0 saturated carbocycles.